The van der Waals surface area contributed by atoms with Crippen molar-refractivity contribution in [3.05, 3.63) is 47.7 Å². The van der Waals surface area contributed by atoms with Crippen molar-refractivity contribution < 1.29 is 23.1 Å². The quantitative estimate of drug-likeness (QED) is 0.340. The van der Waals surface area contributed by atoms with Crippen molar-refractivity contribution in [3.63, 3.8) is 0 Å². The highest BCUT2D eigenvalue weighted by atomic mass is 32.2. The van der Waals surface area contributed by atoms with E-state index in [0.717, 1.165) is 18.4 Å². The predicted octanol–water partition coefficient (Wildman–Crippen LogP) is 2.60. The van der Waals surface area contributed by atoms with Crippen LogP contribution in [0, 0.1) is 0 Å². The highest BCUT2D eigenvalue weighted by Crippen LogP contribution is 2.35. The lowest BCUT2D eigenvalue weighted by molar-refractivity contribution is -0.118. The van der Waals surface area contributed by atoms with Crippen LogP contribution in [0.3, 0.4) is 0 Å². The number of hydrogen-bond acceptors (Lipinski definition) is 9. The molecule has 1 fully saturated rings. The van der Waals surface area contributed by atoms with Crippen LogP contribution in [0.4, 0.5) is 10.8 Å². The second kappa shape index (κ2) is 10.9. The molecular formula is C22H25N5O5S2. The topological polar surface area (TPSA) is 135 Å². The van der Waals surface area contributed by atoms with Gasteiger partial charge >= 0.3 is 0 Å². The van der Waals surface area contributed by atoms with Crippen LogP contribution in [0.2, 0.25) is 0 Å². The number of hydrogen-bond donors (Lipinski definition) is 3. The average molecular weight is 504 g/mol. The molecule has 4 rings (SSSR count). The van der Waals surface area contributed by atoms with E-state index < -0.39 is 16.8 Å². The van der Waals surface area contributed by atoms with E-state index in [9.17, 15) is 18.3 Å². The first-order chi connectivity index (χ1) is 16.5. The number of aliphatic hydroxyl groups is 1. The summed E-state index contributed by atoms with van der Waals surface area (Å²) < 4.78 is 30.0. The van der Waals surface area contributed by atoms with E-state index >= 15 is 0 Å². The van der Waals surface area contributed by atoms with Crippen molar-refractivity contribution >= 4 is 39.0 Å². The maximum atomic E-state index is 13.0. The fourth-order valence-corrected chi connectivity index (χ4v) is 5.30. The Morgan fingerprint density at radius 3 is 2.68 bits per heavy atom. The summed E-state index contributed by atoms with van der Waals surface area (Å²) in [5, 5.41) is 14.4. The molecular weight excluding hydrogens is 478 g/mol. The van der Waals surface area contributed by atoms with Crippen molar-refractivity contribution in [2.24, 2.45) is 0 Å². The molecule has 1 unspecified atom stereocenters. The minimum atomic E-state index is -2.80. The van der Waals surface area contributed by atoms with Gasteiger partial charge in [-0.3, -0.25) is 9.78 Å². The second-order valence-electron chi connectivity index (χ2n) is 7.68. The molecule has 0 radical (unpaired) electrons. The summed E-state index contributed by atoms with van der Waals surface area (Å²) in [5.74, 6) is -0.607. The molecule has 12 heteroatoms. The molecule has 2 heterocycles. The third-order valence-corrected chi connectivity index (χ3v) is 7.08. The Hall–Kier alpha value is -3.09. The Kier molecular flexibility index (Phi) is 7.70. The van der Waals surface area contributed by atoms with Crippen LogP contribution in [0.5, 0.6) is 5.88 Å². The third-order valence-electron chi connectivity index (χ3n) is 5.22. The smallest absolute Gasteiger partial charge is 0.233 e. The molecule has 1 aromatic carbocycles. The number of rotatable bonds is 11. The van der Waals surface area contributed by atoms with E-state index in [4.69, 9.17) is 4.74 Å². The first-order valence-electron chi connectivity index (χ1n) is 10.9. The highest BCUT2D eigenvalue weighted by Gasteiger charge is 2.34. The van der Waals surface area contributed by atoms with Gasteiger partial charge in [-0.05, 0) is 38.3 Å². The molecule has 1 aliphatic rings. The molecule has 3 aromatic rings. The lowest BCUT2D eigenvalue weighted by Crippen LogP contribution is -2.24. The second-order valence-corrected chi connectivity index (χ2v) is 9.42. The Bertz CT molecular complexity index is 1200. The predicted molar refractivity (Wildman–Crippen MR) is 130 cm³/mol. The molecule has 10 nitrogen and oxygen atoms in total. The van der Waals surface area contributed by atoms with Gasteiger partial charge in [0.05, 0.1) is 36.3 Å². The summed E-state index contributed by atoms with van der Waals surface area (Å²) in [5.41, 5.74) is 2.47. The van der Waals surface area contributed by atoms with Crippen molar-refractivity contribution in [2.45, 2.75) is 38.1 Å². The number of thiol groups is 1. The van der Waals surface area contributed by atoms with Gasteiger partial charge < -0.3 is 15.2 Å². The molecule has 0 spiro atoms. The highest BCUT2D eigenvalue weighted by molar-refractivity contribution is 7.74. The molecule has 2 N–H and O–H groups in total. The molecule has 1 aliphatic carbocycles. The number of aromatic nitrogens is 3. The van der Waals surface area contributed by atoms with Crippen molar-refractivity contribution in [2.75, 3.05) is 22.8 Å². The van der Waals surface area contributed by atoms with Crippen molar-refractivity contribution in [1.82, 2.24) is 15.0 Å². The first kappa shape index (κ1) is 24.0. The summed E-state index contributed by atoms with van der Waals surface area (Å²) in [6, 6.07) is 7.08. The van der Waals surface area contributed by atoms with E-state index in [1.165, 1.54) is 15.6 Å². The number of thiazole rings is 1. The van der Waals surface area contributed by atoms with E-state index in [0.29, 0.717) is 34.7 Å². The zero-order valence-corrected chi connectivity index (χ0v) is 20.2. The number of benzene rings is 1. The number of ether oxygens (including phenoxy) is 1. The van der Waals surface area contributed by atoms with Crippen LogP contribution in [-0.4, -0.2) is 53.6 Å². The molecule has 1 saturated carbocycles. The van der Waals surface area contributed by atoms with Gasteiger partial charge in [0.25, 0.3) is 0 Å². The standard InChI is InChI=1S/C22H25N5O5S2/c1-2-32-20-12-23-11-18(25-20)14-3-5-15(6-4-14)24-21(29)17(9-10-28)19-13-33-22(26-19)27(34(30)31)16-7-8-16/h3-6,11-13,16-17,28,34H,2,7-10H2,1H3,(H,24,29). The number of nitrogens with one attached hydrogen (secondary N) is 1. The zero-order valence-electron chi connectivity index (χ0n) is 18.5. The number of nitrogens with zero attached hydrogens (tertiary/aromatic N) is 4. The van der Waals surface area contributed by atoms with Gasteiger partial charge in [-0.2, -0.15) is 0 Å². The van der Waals surface area contributed by atoms with E-state index in [1.807, 2.05) is 19.1 Å². The van der Waals surface area contributed by atoms with Crippen LogP contribution in [0.25, 0.3) is 11.3 Å². The minimum Gasteiger partial charge on any atom is -0.477 e. The fraction of sp³-hybridized carbons (Fsp3) is 0.364. The number of anilines is 2. The molecule has 0 saturated heterocycles. The molecule has 34 heavy (non-hydrogen) atoms. The Morgan fingerprint density at radius 2 is 2.03 bits per heavy atom. The Labute approximate surface area is 202 Å². The van der Waals surface area contributed by atoms with Crippen LogP contribution >= 0.6 is 11.3 Å². The summed E-state index contributed by atoms with van der Waals surface area (Å²) in [6.45, 7) is 2.16. The molecule has 0 bridgehead atoms. The largest absolute Gasteiger partial charge is 0.477 e. The van der Waals surface area contributed by atoms with Gasteiger partial charge in [-0.15, -0.1) is 11.3 Å². The maximum Gasteiger partial charge on any atom is 0.233 e. The number of carbonyl (C=O) groups excluding carboxylic acids is 1. The molecule has 2 aromatic heterocycles. The summed E-state index contributed by atoms with van der Waals surface area (Å²) in [6.07, 6.45) is 4.95. The monoisotopic (exact) mass is 503 g/mol. The lowest BCUT2D eigenvalue weighted by Gasteiger charge is -2.15. The molecule has 1 atom stereocenters. The van der Waals surface area contributed by atoms with Crippen molar-refractivity contribution in [1.29, 1.82) is 0 Å². The third kappa shape index (κ3) is 5.69. The van der Waals surface area contributed by atoms with Gasteiger partial charge in [0, 0.05) is 29.3 Å². The van der Waals surface area contributed by atoms with Gasteiger partial charge in [-0.25, -0.2) is 22.7 Å². The van der Waals surface area contributed by atoms with Crippen LogP contribution in [-0.2, 0) is 15.7 Å². The maximum absolute atomic E-state index is 13.0. The van der Waals surface area contributed by atoms with E-state index in [-0.39, 0.29) is 25.0 Å². The van der Waals surface area contributed by atoms with Gasteiger partial charge in [-0.1, -0.05) is 12.1 Å². The number of carbonyl (C=O) groups is 1. The molecule has 1 amide bonds. The average Bonchev–Trinajstić information content (AvgIpc) is 3.54. The fourth-order valence-electron chi connectivity index (χ4n) is 3.42. The zero-order chi connectivity index (χ0) is 24.1. The summed E-state index contributed by atoms with van der Waals surface area (Å²) in [4.78, 5) is 26.0. The normalized spacial score (nSPS) is 14.1. The SMILES string of the molecule is CCOc1cncc(-c2ccc(NC(=O)C(CCO)c3csc(N(C4CC4)[SH](=O)=O)n3)cc2)n1. The van der Waals surface area contributed by atoms with Gasteiger partial charge in [0.2, 0.25) is 22.7 Å². The number of amides is 1. The molecule has 0 aliphatic heterocycles. The minimum absolute atomic E-state index is 0.0531. The van der Waals surface area contributed by atoms with Crippen LogP contribution in [0.15, 0.2) is 42.0 Å². The Balaban J connectivity index is 1.47. The van der Waals surface area contributed by atoms with Gasteiger partial charge in [0.1, 0.15) is 0 Å². The Morgan fingerprint density at radius 1 is 1.26 bits per heavy atom. The van der Waals surface area contributed by atoms with Crippen LogP contribution in [0.1, 0.15) is 37.8 Å². The van der Waals surface area contributed by atoms with E-state index in [2.05, 4.69) is 20.3 Å². The van der Waals surface area contributed by atoms with E-state index in [1.54, 1.807) is 29.9 Å². The summed E-state index contributed by atoms with van der Waals surface area (Å²) >= 11 is 1.18. The molecule has 180 valence electrons. The van der Waals surface area contributed by atoms with Crippen molar-refractivity contribution in [3.8, 4) is 17.1 Å². The van der Waals surface area contributed by atoms with Gasteiger partial charge in [0.15, 0.2) is 5.13 Å². The lowest BCUT2D eigenvalue weighted by atomic mass is 10.0. The van der Waals surface area contributed by atoms with Crippen LogP contribution < -0.4 is 14.4 Å². The summed E-state index contributed by atoms with van der Waals surface area (Å²) in [7, 11) is -2.80. The first-order valence-corrected chi connectivity index (χ1v) is 12.9. The number of aliphatic hydroxyl groups excluding tert-OH is 1.